The molecular formula is C13H9Cl3IN. The van der Waals surface area contributed by atoms with Crippen LogP contribution in [0.5, 0.6) is 0 Å². The number of hydrogen-bond acceptors (Lipinski definition) is 1. The van der Waals surface area contributed by atoms with Crippen molar-refractivity contribution in [2.75, 3.05) is 5.32 Å². The van der Waals surface area contributed by atoms with Crippen molar-refractivity contribution in [2.24, 2.45) is 0 Å². The van der Waals surface area contributed by atoms with Crippen LogP contribution in [0.4, 0.5) is 5.69 Å². The Kier molecular flexibility index (Phi) is 5.01. The standard InChI is InChI=1S/C13H9Cl3IN/c14-10-3-1-2-8(13(10)16)7-18-12-5-4-9(17)6-11(12)15/h1-6,18H,7H2. The first-order valence-corrected chi connectivity index (χ1v) is 7.41. The summed E-state index contributed by atoms with van der Waals surface area (Å²) < 4.78 is 1.10. The van der Waals surface area contributed by atoms with Gasteiger partial charge in [0, 0.05) is 10.1 Å². The normalized spacial score (nSPS) is 10.4. The molecule has 0 aliphatic carbocycles. The number of anilines is 1. The summed E-state index contributed by atoms with van der Waals surface area (Å²) in [5.41, 5.74) is 1.83. The lowest BCUT2D eigenvalue weighted by atomic mass is 10.2. The molecule has 0 amide bonds. The van der Waals surface area contributed by atoms with E-state index in [0.29, 0.717) is 21.6 Å². The fourth-order valence-electron chi connectivity index (χ4n) is 1.51. The second-order valence-corrected chi connectivity index (χ2v) is 6.13. The molecule has 0 aromatic heterocycles. The predicted octanol–water partition coefficient (Wildman–Crippen LogP) is 5.86. The topological polar surface area (TPSA) is 12.0 Å². The summed E-state index contributed by atoms with van der Waals surface area (Å²) in [6.45, 7) is 0.583. The number of hydrogen-bond donors (Lipinski definition) is 1. The van der Waals surface area contributed by atoms with Crippen LogP contribution in [-0.4, -0.2) is 0 Å². The molecule has 2 aromatic carbocycles. The van der Waals surface area contributed by atoms with Gasteiger partial charge in [0.1, 0.15) is 0 Å². The molecule has 2 aromatic rings. The lowest BCUT2D eigenvalue weighted by Crippen LogP contribution is -2.00. The van der Waals surface area contributed by atoms with Crippen molar-refractivity contribution in [3.63, 3.8) is 0 Å². The van der Waals surface area contributed by atoms with Crippen molar-refractivity contribution >= 4 is 63.1 Å². The highest BCUT2D eigenvalue weighted by Crippen LogP contribution is 2.28. The van der Waals surface area contributed by atoms with Gasteiger partial charge in [-0.1, -0.05) is 46.9 Å². The summed E-state index contributed by atoms with van der Waals surface area (Å²) in [6, 6.07) is 11.4. The van der Waals surface area contributed by atoms with Crippen LogP contribution >= 0.6 is 57.4 Å². The molecule has 0 spiro atoms. The lowest BCUT2D eigenvalue weighted by Gasteiger charge is -2.10. The smallest absolute Gasteiger partial charge is 0.0648 e. The Morgan fingerprint density at radius 2 is 1.78 bits per heavy atom. The molecule has 5 heteroatoms. The molecule has 0 fully saturated rings. The molecule has 1 nitrogen and oxygen atoms in total. The van der Waals surface area contributed by atoms with Gasteiger partial charge < -0.3 is 5.32 Å². The van der Waals surface area contributed by atoms with E-state index in [2.05, 4.69) is 27.9 Å². The first-order chi connectivity index (χ1) is 8.58. The van der Waals surface area contributed by atoms with Crippen molar-refractivity contribution in [2.45, 2.75) is 6.54 Å². The van der Waals surface area contributed by atoms with Crippen molar-refractivity contribution in [1.82, 2.24) is 0 Å². The number of rotatable bonds is 3. The molecule has 0 unspecified atom stereocenters. The van der Waals surface area contributed by atoms with Gasteiger partial charge >= 0.3 is 0 Å². The van der Waals surface area contributed by atoms with Gasteiger partial charge in [-0.2, -0.15) is 0 Å². The maximum absolute atomic E-state index is 6.14. The van der Waals surface area contributed by atoms with E-state index in [0.717, 1.165) is 14.8 Å². The average Bonchev–Trinajstić information content (AvgIpc) is 2.33. The van der Waals surface area contributed by atoms with Gasteiger partial charge in [-0.3, -0.25) is 0 Å². The van der Waals surface area contributed by atoms with Crippen molar-refractivity contribution in [1.29, 1.82) is 0 Å². The molecule has 0 aliphatic rings. The Hall–Kier alpha value is -0.160. The second kappa shape index (κ2) is 6.33. The molecule has 0 bridgehead atoms. The third kappa shape index (κ3) is 3.44. The van der Waals surface area contributed by atoms with E-state index in [-0.39, 0.29) is 0 Å². The van der Waals surface area contributed by atoms with E-state index in [1.165, 1.54) is 0 Å². The number of benzene rings is 2. The zero-order valence-electron chi connectivity index (χ0n) is 9.18. The maximum atomic E-state index is 6.14. The highest BCUT2D eigenvalue weighted by molar-refractivity contribution is 14.1. The van der Waals surface area contributed by atoms with Crippen LogP contribution in [0.15, 0.2) is 36.4 Å². The van der Waals surface area contributed by atoms with E-state index in [4.69, 9.17) is 34.8 Å². The molecule has 0 radical (unpaired) electrons. The van der Waals surface area contributed by atoms with Gasteiger partial charge in [0.2, 0.25) is 0 Å². The van der Waals surface area contributed by atoms with Gasteiger partial charge in [0.15, 0.2) is 0 Å². The Morgan fingerprint density at radius 1 is 1.00 bits per heavy atom. The fourth-order valence-corrected chi connectivity index (χ4v) is 2.82. The van der Waals surface area contributed by atoms with E-state index in [9.17, 15) is 0 Å². The summed E-state index contributed by atoms with van der Waals surface area (Å²) in [4.78, 5) is 0. The molecule has 0 aliphatic heterocycles. The minimum atomic E-state index is 0.560. The average molecular weight is 412 g/mol. The van der Waals surface area contributed by atoms with Gasteiger partial charge in [0.05, 0.1) is 20.8 Å². The Balaban J connectivity index is 2.14. The van der Waals surface area contributed by atoms with E-state index in [1.54, 1.807) is 6.07 Å². The van der Waals surface area contributed by atoms with E-state index in [1.807, 2.05) is 30.3 Å². The Bertz CT molecular complexity index is 572. The first kappa shape index (κ1) is 14.3. The summed E-state index contributed by atoms with van der Waals surface area (Å²) in [6.07, 6.45) is 0. The van der Waals surface area contributed by atoms with Crippen LogP contribution in [-0.2, 0) is 6.54 Å². The second-order valence-electron chi connectivity index (χ2n) is 3.69. The van der Waals surface area contributed by atoms with Crippen LogP contribution in [0, 0.1) is 3.57 Å². The van der Waals surface area contributed by atoms with Gasteiger partial charge in [-0.25, -0.2) is 0 Å². The van der Waals surface area contributed by atoms with Crippen LogP contribution in [0.1, 0.15) is 5.56 Å². The number of nitrogens with one attached hydrogen (secondary N) is 1. The molecule has 0 heterocycles. The fraction of sp³-hybridized carbons (Fsp3) is 0.0769. The zero-order chi connectivity index (χ0) is 13.1. The van der Waals surface area contributed by atoms with E-state index >= 15 is 0 Å². The molecular weight excluding hydrogens is 403 g/mol. The SMILES string of the molecule is Clc1cc(I)ccc1NCc1cccc(Cl)c1Cl. The number of halogens is 4. The third-order valence-corrected chi connectivity index (χ3v) is 4.27. The summed E-state index contributed by atoms with van der Waals surface area (Å²) in [5, 5.41) is 5.08. The van der Waals surface area contributed by atoms with Gasteiger partial charge in [-0.15, -0.1) is 0 Å². The van der Waals surface area contributed by atoms with E-state index < -0.39 is 0 Å². The van der Waals surface area contributed by atoms with Crippen molar-refractivity contribution < 1.29 is 0 Å². The van der Waals surface area contributed by atoms with Crippen LogP contribution in [0.2, 0.25) is 15.1 Å². The summed E-state index contributed by atoms with van der Waals surface area (Å²) in [5.74, 6) is 0. The van der Waals surface area contributed by atoms with Crippen LogP contribution in [0.25, 0.3) is 0 Å². The minimum absolute atomic E-state index is 0.560. The predicted molar refractivity (Wildman–Crippen MR) is 88.0 cm³/mol. The van der Waals surface area contributed by atoms with Crippen molar-refractivity contribution in [3.8, 4) is 0 Å². The maximum Gasteiger partial charge on any atom is 0.0648 e. The highest BCUT2D eigenvalue weighted by atomic mass is 127. The largest absolute Gasteiger partial charge is 0.380 e. The molecule has 94 valence electrons. The summed E-state index contributed by atoms with van der Waals surface area (Å²) in [7, 11) is 0. The molecule has 0 saturated heterocycles. The first-order valence-electron chi connectivity index (χ1n) is 5.20. The Morgan fingerprint density at radius 3 is 2.50 bits per heavy atom. The molecule has 0 atom stereocenters. The van der Waals surface area contributed by atoms with Gasteiger partial charge in [-0.05, 0) is 52.4 Å². The van der Waals surface area contributed by atoms with Gasteiger partial charge in [0.25, 0.3) is 0 Å². The highest BCUT2D eigenvalue weighted by Gasteiger charge is 2.05. The quantitative estimate of drug-likeness (QED) is 0.623. The zero-order valence-corrected chi connectivity index (χ0v) is 13.6. The van der Waals surface area contributed by atoms with Crippen molar-refractivity contribution in [3.05, 3.63) is 60.6 Å². The third-order valence-electron chi connectivity index (χ3n) is 2.43. The van der Waals surface area contributed by atoms with Crippen LogP contribution < -0.4 is 5.32 Å². The summed E-state index contributed by atoms with van der Waals surface area (Å²) >= 11 is 20.4. The lowest BCUT2D eigenvalue weighted by molar-refractivity contribution is 1.15. The molecule has 1 N–H and O–H groups in total. The molecule has 0 saturated carbocycles. The minimum Gasteiger partial charge on any atom is -0.380 e. The monoisotopic (exact) mass is 411 g/mol. The van der Waals surface area contributed by atoms with Crippen LogP contribution in [0.3, 0.4) is 0 Å². The molecule has 2 rings (SSSR count). The molecule has 18 heavy (non-hydrogen) atoms. The Labute approximate surface area is 135 Å².